The van der Waals surface area contributed by atoms with E-state index in [1.54, 1.807) is 0 Å². The molecule has 4 heteroatoms. The van der Waals surface area contributed by atoms with Crippen molar-refractivity contribution in [2.24, 2.45) is 11.8 Å². The summed E-state index contributed by atoms with van der Waals surface area (Å²) in [6.45, 7) is 0.874. The van der Waals surface area contributed by atoms with E-state index in [-0.39, 0.29) is 11.6 Å². The third-order valence-electron chi connectivity index (χ3n) is 4.93. The summed E-state index contributed by atoms with van der Waals surface area (Å²) in [5.41, 5.74) is 4.46. The third-order valence-corrected chi connectivity index (χ3v) is 5.45. The molecule has 2 atom stereocenters. The number of halogens is 1. The Morgan fingerprint density at radius 1 is 1.25 bits per heavy atom. The molecule has 1 aromatic carbocycles. The minimum absolute atomic E-state index is 0.146. The zero-order chi connectivity index (χ0) is 14.0. The lowest BCUT2D eigenvalue weighted by atomic mass is 9.79. The maximum absolute atomic E-state index is 6.13. The number of benzene rings is 1. The SMILES string of the molecule is NNC(c1ccc(Br)cc1)C1CCOC2(CCCC2)C1. The Bertz CT molecular complexity index is 442. The largest absolute Gasteiger partial charge is 0.375 e. The Labute approximate surface area is 129 Å². The third kappa shape index (κ3) is 2.93. The molecule has 1 aliphatic carbocycles. The smallest absolute Gasteiger partial charge is 0.0686 e. The molecular weight excluding hydrogens is 316 g/mol. The van der Waals surface area contributed by atoms with Gasteiger partial charge < -0.3 is 4.74 Å². The highest BCUT2D eigenvalue weighted by Crippen LogP contribution is 2.45. The van der Waals surface area contributed by atoms with Crippen molar-refractivity contribution in [2.45, 2.75) is 50.2 Å². The molecule has 1 saturated carbocycles. The predicted molar refractivity (Wildman–Crippen MR) is 84.1 cm³/mol. The van der Waals surface area contributed by atoms with Gasteiger partial charge in [0.05, 0.1) is 5.60 Å². The van der Waals surface area contributed by atoms with Gasteiger partial charge in [0, 0.05) is 17.1 Å². The summed E-state index contributed by atoms with van der Waals surface area (Å²) in [4.78, 5) is 0. The van der Waals surface area contributed by atoms with E-state index in [0.717, 1.165) is 23.9 Å². The van der Waals surface area contributed by atoms with E-state index >= 15 is 0 Å². The maximum Gasteiger partial charge on any atom is 0.0686 e. The first kappa shape index (κ1) is 14.5. The summed E-state index contributed by atoms with van der Waals surface area (Å²) in [6, 6.07) is 8.72. The quantitative estimate of drug-likeness (QED) is 0.652. The number of hydrogen-bond donors (Lipinski definition) is 2. The lowest BCUT2D eigenvalue weighted by Crippen LogP contribution is -2.43. The summed E-state index contributed by atoms with van der Waals surface area (Å²) in [5.74, 6) is 6.42. The van der Waals surface area contributed by atoms with Gasteiger partial charge in [0.25, 0.3) is 0 Å². The van der Waals surface area contributed by atoms with Crippen molar-refractivity contribution in [1.29, 1.82) is 0 Å². The van der Waals surface area contributed by atoms with Crippen LogP contribution >= 0.6 is 15.9 Å². The van der Waals surface area contributed by atoms with Gasteiger partial charge in [0.15, 0.2) is 0 Å². The molecule has 1 spiro atoms. The van der Waals surface area contributed by atoms with Crippen LogP contribution in [0.25, 0.3) is 0 Å². The molecular formula is C16H23BrN2O. The molecule has 0 amide bonds. The zero-order valence-corrected chi connectivity index (χ0v) is 13.4. The van der Waals surface area contributed by atoms with Crippen molar-refractivity contribution in [3.05, 3.63) is 34.3 Å². The van der Waals surface area contributed by atoms with Gasteiger partial charge in [0.2, 0.25) is 0 Å². The fourth-order valence-electron chi connectivity index (χ4n) is 3.89. The van der Waals surface area contributed by atoms with E-state index in [1.165, 1.54) is 31.2 Å². The van der Waals surface area contributed by atoms with Gasteiger partial charge in [-0.15, -0.1) is 0 Å². The topological polar surface area (TPSA) is 47.3 Å². The molecule has 2 unspecified atom stereocenters. The van der Waals surface area contributed by atoms with Gasteiger partial charge in [-0.3, -0.25) is 11.3 Å². The van der Waals surface area contributed by atoms with Crippen LogP contribution in [-0.2, 0) is 4.74 Å². The van der Waals surface area contributed by atoms with Crippen molar-refractivity contribution < 1.29 is 4.74 Å². The Kier molecular flexibility index (Phi) is 4.46. The van der Waals surface area contributed by atoms with Gasteiger partial charge in [-0.2, -0.15) is 0 Å². The molecule has 0 bridgehead atoms. The highest BCUT2D eigenvalue weighted by Gasteiger charge is 2.42. The zero-order valence-electron chi connectivity index (χ0n) is 11.8. The summed E-state index contributed by atoms with van der Waals surface area (Å²) in [6.07, 6.45) is 7.30. The maximum atomic E-state index is 6.13. The molecule has 3 rings (SSSR count). The number of nitrogens with one attached hydrogen (secondary N) is 1. The number of hydrogen-bond acceptors (Lipinski definition) is 3. The van der Waals surface area contributed by atoms with E-state index < -0.39 is 0 Å². The van der Waals surface area contributed by atoms with Gasteiger partial charge >= 0.3 is 0 Å². The summed E-state index contributed by atoms with van der Waals surface area (Å²) in [7, 11) is 0. The molecule has 0 aromatic heterocycles. The molecule has 0 radical (unpaired) electrons. The monoisotopic (exact) mass is 338 g/mol. The molecule has 1 saturated heterocycles. The molecule has 3 nitrogen and oxygen atoms in total. The predicted octanol–water partition coefficient (Wildman–Crippen LogP) is 3.69. The Morgan fingerprint density at radius 2 is 1.95 bits per heavy atom. The van der Waals surface area contributed by atoms with Crippen LogP contribution in [0, 0.1) is 5.92 Å². The van der Waals surface area contributed by atoms with E-state index in [4.69, 9.17) is 10.6 Å². The molecule has 1 aliphatic heterocycles. The molecule has 1 heterocycles. The minimum Gasteiger partial charge on any atom is -0.375 e. The van der Waals surface area contributed by atoms with Crippen LogP contribution in [0.4, 0.5) is 0 Å². The number of nitrogens with two attached hydrogens (primary N) is 1. The minimum atomic E-state index is 0.146. The standard InChI is InChI=1S/C16H23BrN2O/c17-14-5-3-12(4-6-14)15(19-18)13-7-10-20-16(11-13)8-1-2-9-16/h3-6,13,15,19H,1-2,7-11,18H2. The van der Waals surface area contributed by atoms with Crippen molar-refractivity contribution in [3.8, 4) is 0 Å². The lowest BCUT2D eigenvalue weighted by Gasteiger charge is -2.41. The number of hydrazine groups is 1. The van der Waals surface area contributed by atoms with E-state index in [1.807, 2.05) is 0 Å². The highest BCUT2D eigenvalue weighted by atomic mass is 79.9. The first-order chi connectivity index (χ1) is 9.72. The van der Waals surface area contributed by atoms with Crippen LogP contribution in [0.1, 0.15) is 50.1 Å². The lowest BCUT2D eigenvalue weighted by molar-refractivity contribution is -0.0982. The first-order valence-corrected chi connectivity index (χ1v) is 8.37. The van der Waals surface area contributed by atoms with Crippen molar-refractivity contribution in [1.82, 2.24) is 5.43 Å². The number of ether oxygens (including phenoxy) is 1. The summed E-state index contributed by atoms with van der Waals surface area (Å²) < 4.78 is 7.24. The summed E-state index contributed by atoms with van der Waals surface area (Å²) >= 11 is 3.49. The van der Waals surface area contributed by atoms with Gasteiger partial charge in [-0.1, -0.05) is 40.9 Å². The average Bonchev–Trinajstić information content (AvgIpc) is 2.90. The average molecular weight is 339 g/mol. The van der Waals surface area contributed by atoms with Gasteiger partial charge in [-0.25, -0.2) is 0 Å². The second-order valence-electron chi connectivity index (χ2n) is 6.19. The Hall–Kier alpha value is -0.420. The van der Waals surface area contributed by atoms with Crippen LogP contribution in [-0.4, -0.2) is 12.2 Å². The van der Waals surface area contributed by atoms with Crippen molar-refractivity contribution in [3.63, 3.8) is 0 Å². The van der Waals surface area contributed by atoms with Crippen LogP contribution in [0.2, 0.25) is 0 Å². The molecule has 2 fully saturated rings. The Balaban J connectivity index is 1.76. The molecule has 3 N–H and O–H groups in total. The summed E-state index contributed by atoms with van der Waals surface area (Å²) in [5, 5.41) is 0. The van der Waals surface area contributed by atoms with E-state index in [2.05, 4.69) is 45.6 Å². The van der Waals surface area contributed by atoms with E-state index in [9.17, 15) is 0 Å². The van der Waals surface area contributed by atoms with E-state index in [0.29, 0.717) is 5.92 Å². The van der Waals surface area contributed by atoms with Crippen LogP contribution < -0.4 is 11.3 Å². The van der Waals surface area contributed by atoms with Gasteiger partial charge in [0.1, 0.15) is 0 Å². The van der Waals surface area contributed by atoms with Crippen LogP contribution in [0.3, 0.4) is 0 Å². The molecule has 20 heavy (non-hydrogen) atoms. The highest BCUT2D eigenvalue weighted by molar-refractivity contribution is 9.10. The van der Waals surface area contributed by atoms with Crippen molar-refractivity contribution >= 4 is 15.9 Å². The van der Waals surface area contributed by atoms with Crippen LogP contribution in [0.15, 0.2) is 28.7 Å². The second kappa shape index (κ2) is 6.14. The molecule has 110 valence electrons. The first-order valence-electron chi connectivity index (χ1n) is 7.58. The fourth-order valence-corrected chi connectivity index (χ4v) is 4.16. The Morgan fingerprint density at radius 3 is 2.60 bits per heavy atom. The number of rotatable bonds is 3. The molecule has 1 aromatic rings. The van der Waals surface area contributed by atoms with Gasteiger partial charge in [-0.05, 0) is 49.3 Å². The fraction of sp³-hybridized carbons (Fsp3) is 0.625. The normalized spacial score (nSPS) is 26.8. The van der Waals surface area contributed by atoms with Crippen molar-refractivity contribution in [2.75, 3.05) is 6.61 Å². The van der Waals surface area contributed by atoms with Crippen LogP contribution in [0.5, 0.6) is 0 Å². The second-order valence-corrected chi connectivity index (χ2v) is 7.10. The molecule has 2 aliphatic rings.